The van der Waals surface area contributed by atoms with Gasteiger partial charge in [-0.1, -0.05) is 30.3 Å². The standard InChI is InChI=1S/C17H29N3/c1-17(2,3)20-11-9-19(10-12-20)14-16(18)13-15-7-5-4-6-8-15/h4-8,16H,9-14,18H2,1-3H3. The van der Waals surface area contributed by atoms with Crippen molar-refractivity contribution in [3.8, 4) is 0 Å². The van der Waals surface area contributed by atoms with Gasteiger partial charge in [0.05, 0.1) is 0 Å². The van der Waals surface area contributed by atoms with Crippen molar-refractivity contribution in [1.29, 1.82) is 0 Å². The summed E-state index contributed by atoms with van der Waals surface area (Å²) in [4.78, 5) is 5.07. The summed E-state index contributed by atoms with van der Waals surface area (Å²) in [5.41, 5.74) is 7.93. The lowest BCUT2D eigenvalue weighted by atomic mass is 10.0. The number of piperazine rings is 1. The summed E-state index contributed by atoms with van der Waals surface area (Å²) in [6.07, 6.45) is 0.973. The van der Waals surface area contributed by atoms with Crippen LogP contribution in [0.25, 0.3) is 0 Å². The Morgan fingerprint density at radius 3 is 2.20 bits per heavy atom. The van der Waals surface area contributed by atoms with Crippen molar-refractivity contribution < 1.29 is 0 Å². The number of hydrogen-bond acceptors (Lipinski definition) is 3. The number of nitrogens with zero attached hydrogens (tertiary/aromatic N) is 2. The molecule has 0 amide bonds. The van der Waals surface area contributed by atoms with E-state index in [1.165, 1.54) is 5.56 Å². The van der Waals surface area contributed by atoms with Crippen LogP contribution in [0.2, 0.25) is 0 Å². The van der Waals surface area contributed by atoms with E-state index >= 15 is 0 Å². The molecule has 3 nitrogen and oxygen atoms in total. The number of benzene rings is 1. The molecule has 20 heavy (non-hydrogen) atoms. The largest absolute Gasteiger partial charge is 0.326 e. The lowest BCUT2D eigenvalue weighted by Gasteiger charge is -2.42. The van der Waals surface area contributed by atoms with Crippen LogP contribution in [0.3, 0.4) is 0 Å². The van der Waals surface area contributed by atoms with Crippen LogP contribution in [-0.4, -0.2) is 54.1 Å². The molecule has 0 spiro atoms. The van der Waals surface area contributed by atoms with Crippen LogP contribution < -0.4 is 5.73 Å². The third-order valence-electron chi connectivity index (χ3n) is 4.15. The smallest absolute Gasteiger partial charge is 0.0208 e. The van der Waals surface area contributed by atoms with E-state index in [0.29, 0.717) is 0 Å². The summed E-state index contributed by atoms with van der Waals surface area (Å²) in [7, 11) is 0. The van der Waals surface area contributed by atoms with E-state index in [2.05, 4.69) is 60.9 Å². The fourth-order valence-corrected chi connectivity index (χ4v) is 2.91. The first kappa shape index (κ1) is 15.5. The third kappa shape index (κ3) is 4.58. The van der Waals surface area contributed by atoms with Crippen molar-refractivity contribution in [2.45, 2.75) is 38.8 Å². The topological polar surface area (TPSA) is 32.5 Å². The van der Waals surface area contributed by atoms with Gasteiger partial charge in [0, 0.05) is 44.3 Å². The van der Waals surface area contributed by atoms with Crippen molar-refractivity contribution in [3.05, 3.63) is 35.9 Å². The van der Waals surface area contributed by atoms with E-state index in [0.717, 1.165) is 39.1 Å². The molecule has 0 bridgehead atoms. The van der Waals surface area contributed by atoms with Gasteiger partial charge in [-0.05, 0) is 32.8 Å². The quantitative estimate of drug-likeness (QED) is 0.912. The predicted octanol–water partition coefficient (Wildman–Crippen LogP) is 1.97. The SMILES string of the molecule is CC(C)(C)N1CCN(CC(N)Cc2ccccc2)CC1. The van der Waals surface area contributed by atoms with Gasteiger partial charge in [0.1, 0.15) is 0 Å². The first-order chi connectivity index (χ1) is 9.45. The Labute approximate surface area is 123 Å². The molecule has 0 aliphatic carbocycles. The van der Waals surface area contributed by atoms with Gasteiger partial charge in [-0.25, -0.2) is 0 Å². The summed E-state index contributed by atoms with van der Waals surface area (Å²) >= 11 is 0. The maximum atomic E-state index is 6.30. The van der Waals surface area contributed by atoms with Crippen LogP contribution in [-0.2, 0) is 6.42 Å². The van der Waals surface area contributed by atoms with Gasteiger partial charge in [0.25, 0.3) is 0 Å². The van der Waals surface area contributed by atoms with Crippen LogP contribution in [0.15, 0.2) is 30.3 Å². The second kappa shape index (κ2) is 6.70. The summed E-state index contributed by atoms with van der Waals surface area (Å²) in [6, 6.07) is 10.8. The third-order valence-corrected chi connectivity index (χ3v) is 4.15. The zero-order valence-electron chi connectivity index (χ0n) is 13.2. The molecule has 1 fully saturated rings. The van der Waals surface area contributed by atoms with Crippen LogP contribution >= 0.6 is 0 Å². The molecule has 112 valence electrons. The van der Waals surface area contributed by atoms with Gasteiger partial charge in [0.2, 0.25) is 0 Å². The molecule has 2 N–H and O–H groups in total. The summed E-state index contributed by atoms with van der Waals surface area (Å²) in [5.74, 6) is 0. The molecule has 1 heterocycles. The highest BCUT2D eigenvalue weighted by atomic mass is 15.3. The Bertz CT molecular complexity index is 388. The molecule has 1 unspecified atom stereocenters. The Balaban J connectivity index is 1.75. The van der Waals surface area contributed by atoms with Crippen LogP contribution in [0.4, 0.5) is 0 Å². The molecule has 1 saturated heterocycles. The molecule has 1 aliphatic rings. The van der Waals surface area contributed by atoms with Gasteiger partial charge >= 0.3 is 0 Å². The van der Waals surface area contributed by atoms with E-state index in [-0.39, 0.29) is 11.6 Å². The molecule has 0 aromatic heterocycles. The van der Waals surface area contributed by atoms with E-state index in [1.54, 1.807) is 0 Å². The summed E-state index contributed by atoms with van der Waals surface area (Å²) in [5, 5.41) is 0. The van der Waals surface area contributed by atoms with Crippen LogP contribution in [0, 0.1) is 0 Å². The minimum Gasteiger partial charge on any atom is -0.326 e. The van der Waals surface area contributed by atoms with Gasteiger partial charge in [-0.3, -0.25) is 9.80 Å². The molecule has 0 radical (unpaired) electrons. The second-order valence-corrected chi connectivity index (χ2v) is 6.91. The minimum atomic E-state index is 0.235. The fourth-order valence-electron chi connectivity index (χ4n) is 2.91. The fraction of sp³-hybridized carbons (Fsp3) is 0.647. The van der Waals surface area contributed by atoms with Gasteiger partial charge in [-0.2, -0.15) is 0 Å². The molecular weight excluding hydrogens is 246 g/mol. The first-order valence-corrected chi connectivity index (χ1v) is 7.72. The molecule has 1 aromatic carbocycles. The van der Waals surface area contributed by atoms with Crippen molar-refractivity contribution in [1.82, 2.24) is 9.80 Å². The Hall–Kier alpha value is -0.900. The summed E-state index contributed by atoms with van der Waals surface area (Å²) in [6.45, 7) is 12.5. The van der Waals surface area contributed by atoms with Crippen molar-refractivity contribution in [2.75, 3.05) is 32.7 Å². The number of hydrogen-bond donors (Lipinski definition) is 1. The average Bonchev–Trinajstić information content (AvgIpc) is 2.39. The molecule has 1 atom stereocenters. The van der Waals surface area contributed by atoms with E-state index < -0.39 is 0 Å². The molecule has 1 aromatic rings. The molecule has 1 aliphatic heterocycles. The lowest BCUT2D eigenvalue weighted by molar-refractivity contribution is 0.0599. The number of rotatable bonds is 4. The van der Waals surface area contributed by atoms with E-state index in [4.69, 9.17) is 5.73 Å². The van der Waals surface area contributed by atoms with Crippen molar-refractivity contribution in [2.24, 2.45) is 5.73 Å². The Morgan fingerprint density at radius 2 is 1.65 bits per heavy atom. The zero-order chi connectivity index (χ0) is 14.6. The Kier molecular flexibility index (Phi) is 5.19. The number of nitrogens with two attached hydrogens (primary N) is 1. The van der Waals surface area contributed by atoms with Crippen LogP contribution in [0.1, 0.15) is 26.3 Å². The maximum Gasteiger partial charge on any atom is 0.0208 e. The molecule has 0 saturated carbocycles. The van der Waals surface area contributed by atoms with Gasteiger partial charge in [0.15, 0.2) is 0 Å². The van der Waals surface area contributed by atoms with E-state index in [9.17, 15) is 0 Å². The predicted molar refractivity (Wildman–Crippen MR) is 85.9 cm³/mol. The van der Waals surface area contributed by atoms with Gasteiger partial charge in [-0.15, -0.1) is 0 Å². The monoisotopic (exact) mass is 275 g/mol. The normalized spacial score (nSPS) is 20.0. The van der Waals surface area contributed by atoms with Crippen molar-refractivity contribution >= 4 is 0 Å². The highest BCUT2D eigenvalue weighted by molar-refractivity contribution is 5.15. The second-order valence-electron chi connectivity index (χ2n) is 6.91. The van der Waals surface area contributed by atoms with Crippen LogP contribution in [0.5, 0.6) is 0 Å². The average molecular weight is 275 g/mol. The van der Waals surface area contributed by atoms with E-state index in [1.807, 2.05) is 0 Å². The summed E-state index contributed by atoms with van der Waals surface area (Å²) < 4.78 is 0. The molecular formula is C17H29N3. The minimum absolute atomic E-state index is 0.235. The first-order valence-electron chi connectivity index (χ1n) is 7.72. The van der Waals surface area contributed by atoms with Crippen molar-refractivity contribution in [3.63, 3.8) is 0 Å². The Morgan fingerprint density at radius 1 is 1.05 bits per heavy atom. The highest BCUT2D eigenvalue weighted by Gasteiger charge is 2.26. The highest BCUT2D eigenvalue weighted by Crippen LogP contribution is 2.16. The molecule has 3 heteroatoms. The zero-order valence-corrected chi connectivity index (χ0v) is 13.2. The maximum absolute atomic E-state index is 6.30. The van der Waals surface area contributed by atoms with Gasteiger partial charge < -0.3 is 5.73 Å². The lowest BCUT2D eigenvalue weighted by Crippen LogP contribution is -2.55. The molecule has 2 rings (SSSR count).